The van der Waals surface area contributed by atoms with Gasteiger partial charge in [-0.2, -0.15) is 0 Å². The Kier molecular flexibility index (Phi) is 10.3. The van der Waals surface area contributed by atoms with Crippen molar-refractivity contribution in [1.82, 2.24) is 10.6 Å². The molecule has 1 aliphatic rings. The lowest BCUT2D eigenvalue weighted by Gasteiger charge is -2.34. The molecule has 0 bridgehead atoms. The number of methoxy groups -OCH3 is 1. The van der Waals surface area contributed by atoms with Crippen LogP contribution in [0.2, 0.25) is 0 Å². The number of ether oxygens (including phenoxy) is 1. The van der Waals surface area contributed by atoms with E-state index in [0.717, 1.165) is 50.6 Å². The van der Waals surface area contributed by atoms with Crippen molar-refractivity contribution < 1.29 is 4.74 Å². The molecular weight excluding hydrogens is 487 g/mol. The zero-order valence-corrected chi connectivity index (χ0v) is 20.6. The zero-order chi connectivity index (χ0) is 20.5. The van der Waals surface area contributed by atoms with Crippen LogP contribution >= 0.6 is 24.0 Å². The molecule has 5 nitrogen and oxygen atoms in total. The van der Waals surface area contributed by atoms with Crippen molar-refractivity contribution in [2.45, 2.75) is 38.1 Å². The fourth-order valence-corrected chi connectivity index (χ4v) is 3.82. The molecule has 0 saturated carbocycles. The number of para-hydroxylation sites is 1. The summed E-state index contributed by atoms with van der Waals surface area (Å²) in [6, 6.07) is 19.5. The molecule has 2 N–H and O–H groups in total. The Hall–Kier alpha value is -1.96. The van der Waals surface area contributed by atoms with Crippen LogP contribution in [0.15, 0.2) is 59.6 Å². The molecule has 0 amide bonds. The van der Waals surface area contributed by atoms with Crippen LogP contribution in [0.4, 0.5) is 5.69 Å². The van der Waals surface area contributed by atoms with Crippen molar-refractivity contribution in [3.8, 4) is 5.75 Å². The minimum absolute atomic E-state index is 0. The molecule has 0 radical (unpaired) electrons. The van der Waals surface area contributed by atoms with E-state index in [9.17, 15) is 0 Å². The number of piperidine rings is 1. The van der Waals surface area contributed by atoms with Crippen LogP contribution in [0, 0.1) is 0 Å². The lowest BCUT2D eigenvalue weighted by Crippen LogP contribution is -2.49. The first-order valence-corrected chi connectivity index (χ1v) is 10.6. The predicted octanol–water partition coefficient (Wildman–Crippen LogP) is 4.64. The average Bonchev–Trinajstić information content (AvgIpc) is 2.79. The summed E-state index contributed by atoms with van der Waals surface area (Å²) in [6.45, 7) is 5.31. The topological polar surface area (TPSA) is 48.9 Å². The zero-order valence-electron chi connectivity index (χ0n) is 18.3. The lowest BCUT2D eigenvalue weighted by atomic mass is 9.98. The Morgan fingerprint density at radius 3 is 2.37 bits per heavy atom. The van der Waals surface area contributed by atoms with Gasteiger partial charge in [0, 0.05) is 38.4 Å². The van der Waals surface area contributed by atoms with Gasteiger partial charge in [0.25, 0.3) is 0 Å². The predicted molar refractivity (Wildman–Crippen MR) is 138 cm³/mol. The smallest absolute Gasteiger partial charge is 0.191 e. The Balaban J connectivity index is 0.00000320. The molecule has 2 aromatic carbocycles. The maximum atomic E-state index is 5.24. The number of guanidine groups is 1. The van der Waals surface area contributed by atoms with Gasteiger partial charge in [0.05, 0.1) is 7.11 Å². The van der Waals surface area contributed by atoms with E-state index in [1.165, 1.54) is 11.3 Å². The molecule has 1 unspecified atom stereocenters. The van der Waals surface area contributed by atoms with Gasteiger partial charge in [-0.05, 0) is 55.0 Å². The molecular formula is C24H35IN4O. The standard InChI is InChI=1S/C24H34N4O.HI/c1-19(20-9-11-23(29-3)12-10-20)13-16-26-24(25-2)27-21-14-17-28(18-15-21)22-7-5-4-6-8-22;/h4-12,19,21H,13-18H2,1-3H3,(H2,25,26,27);1H. The highest BCUT2D eigenvalue weighted by Crippen LogP contribution is 2.22. The fourth-order valence-electron chi connectivity index (χ4n) is 3.82. The average molecular weight is 522 g/mol. The highest BCUT2D eigenvalue weighted by molar-refractivity contribution is 14.0. The Morgan fingerprint density at radius 2 is 1.77 bits per heavy atom. The van der Waals surface area contributed by atoms with Gasteiger partial charge < -0.3 is 20.3 Å². The number of hydrogen-bond acceptors (Lipinski definition) is 3. The summed E-state index contributed by atoms with van der Waals surface area (Å²) >= 11 is 0. The summed E-state index contributed by atoms with van der Waals surface area (Å²) in [4.78, 5) is 6.88. The molecule has 0 aliphatic carbocycles. The second-order valence-corrected chi connectivity index (χ2v) is 7.70. The van der Waals surface area contributed by atoms with Crippen LogP contribution in [0.5, 0.6) is 5.75 Å². The van der Waals surface area contributed by atoms with Gasteiger partial charge in [0.15, 0.2) is 5.96 Å². The molecule has 30 heavy (non-hydrogen) atoms. The van der Waals surface area contributed by atoms with Crippen LogP contribution in [0.25, 0.3) is 0 Å². The number of nitrogens with zero attached hydrogens (tertiary/aromatic N) is 2. The lowest BCUT2D eigenvalue weighted by molar-refractivity contribution is 0.414. The largest absolute Gasteiger partial charge is 0.497 e. The van der Waals surface area contributed by atoms with E-state index < -0.39 is 0 Å². The third kappa shape index (κ3) is 7.07. The fraction of sp³-hybridized carbons (Fsp3) is 0.458. The number of aliphatic imine (C=N–C) groups is 1. The van der Waals surface area contributed by atoms with Crippen LogP contribution in [-0.2, 0) is 0 Å². The third-order valence-corrected chi connectivity index (χ3v) is 5.74. The van der Waals surface area contributed by atoms with Gasteiger partial charge in [-0.1, -0.05) is 37.3 Å². The van der Waals surface area contributed by atoms with Crippen LogP contribution in [0.1, 0.15) is 37.7 Å². The van der Waals surface area contributed by atoms with Crippen molar-refractivity contribution in [2.75, 3.05) is 38.7 Å². The number of benzene rings is 2. The molecule has 0 spiro atoms. The Bertz CT molecular complexity index is 759. The number of halogens is 1. The first kappa shape index (κ1) is 24.3. The number of anilines is 1. The maximum Gasteiger partial charge on any atom is 0.191 e. The quantitative estimate of drug-likeness (QED) is 0.316. The van der Waals surface area contributed by atoms with Gasteiger partial charge in [-0.15, -0.1) is 24.0 Å². The second kappa shape index (κ2) is 12.7. The van der Waals surface area contributed by atoms with E-state index in [2.05, 4.69) is 69.9 Å². The molecule has 1 fully saturated rings. The number of nitrogens with one attached hydrogen (secondary N) is 2. The molecule has 1 saturated heterocycles. The first-order chi connectivity index (χ1) is 14.2. The highest BCUT2D eigenvalue weighted by Gasteiger charge is 2.20. The normalized spacial score (nSPS) is 15.8. The number of rotatable bonds is 7. The molecule has 164 valence electrons. The van der Waals surface area contributed by atoms with Crippen LogP contribution < -0.4 is 20.3 Å². The maximum absolute atomic E-state index is 5.24. The summed E-state index contributed by atoms with van der Waals surface area (Å²) < 4.78 is 5.24. The van der Waals surface area contributed by atoms with Crippen molar-refractivity contribution in [1.29, 1.82) is 0 Å². The van der Waals surface area contributed by atoms with Crippen molar-refractivity contribution in [3.05, 3.63) is 60.2 Å². The minimum atomic E-state index is 0. The van der Waals surface area contributed by atoms with Crippen LogP contribution in [-0.4, -0.2) is 45.8 Å². The number of hydrogen-bond donors (Lipinski definition) is 2. The molecule has 3 rings (SSSR count). The molecule has 1 heterocycles. The summed E-state index contributed by atoms with van der Waals surface area (Å²) in [6.07, 6.45) is 3.30. The molecule has 1 aliphatic heterocycles. The van der Waals surface area contributed by atoms with Gasteiger partial charge in [-0.3, -0.25) is 4.99 Å². The molecule has 0 aromatic heterocycles. The summed E-state index contributed by atoms with van der Waals surface area (Å²) in [5, 5.41) is 7.09. The molecule has 6 heteroatoms. The first-order valence-electron chi connectivity index (χ1n) is 10.6. The minimum Gasteiger partial charge on any atom is -0.497 e. The second-order valence-electron chi connectivity index (χ2n) is 7.70. The Labute approximate surface area is 198 Å². The van der Waals surface area contributed by atoms with E-state index >= 15 is 0 Å². The van der Waals surface area contributed by atoms with Gasteiger partial charge in [0.2, 0.25) is 0 Å². The van der Waals surface area contributed by atoms with E-state index in [-0.39, 0.29) is 24.0 Å². The van der Waals surface area contributed by atoms with Crippen molar-refractivity contribution in [3.63, 3.8) is 0 Å². The SMILES string of the molecule is CN=C(NCCC(C)c1ccc(OC)cc1)NC1CCN(c2ccccc2)CC1.I. The molecule has 1 atom stereocenters. The van der Waals surface area contributed by atoms with Crippen molar-refractivity contribution in [2.24, 2.45) is 4.99 Å². The molecule has 2 aromatic rings. The van der Waals surface area contributed by atoms with E-state index in [0.29, 0.717) is 12.0 Å². The van der Waals surface area contributed by atoms with E-state index in [1.807, 2.05) is 19.2 Å². The summed E-state index contributed by atoms with van der Waals surface area (Å²) in [5.74, 6) is 2.30. The summed E-state index contributed by atoms with van der Waals surface area (Å²) in [7, 11) is 3.55. The van der Waals surface area contributed by atoms with Crippen LogP contribution in [0.3, 0.4) is 0 Å². The van der Waals surface area contributed by atoms with Gasteiger partial charge in [0.1, 0.15) is 5.75 Å². The Morgan fingerprint density at radius 1 is 1.10 bits per heavy atom. The highest BCUT2D eigenvalue weighted by atomic mass is 127. The van der Waals surface area contributed by atoms with E-state index in [4.69, 9.17) is 4.74 Å². The summed E-state index contributed by atoms with van der Waals surface area (Å²) in [5.41, 5.74) is 2.66. The third-order valence-electron chi connectivity index (χ3n) is 5.74. The van der Waals surface area contributed by atoms with E-state index in [1.54, 1.807) is 7.11 Å². The van der Waals surface area contributed by atoms with Gasteiger partial charge in [-0.25, -0.2) is 0 Å². The monoisotopic (exact) mass is 522 g/mol. The van der Waals surface area contributed by atoms with Crippen molar-refractivity contribution >= 4 is 35.6 Å². The van der Waals surface area contributed by atoms with Gasteiger partial charge >= 0.3 is 0 Å².